The highest BCUT2D eigenvalue weighted by atomic mass is 35.5. The predicted molar refractivity (Wildman–Crippen MR) is 83.9 cm³/mol. The van der Waals surface area contributed by atoms with Gasteiger partial charge >= 0.3 is 0 Å². The molecule has 0 saturated heterocycles. The fourth-order valence-electron chi connectivity index (χ4n) is 1.85. The van der Waals surface area contributed by atoms with Crippen molar-refractivity contribution in [3.63, 3.8) is 0 Å². The van der Waals surface area contributed by atoms with Crippen molar-refractivity contribution < 1.29 is 9.47 Å². The van der Waals surface area contributed by atoms with Gasteiger partial charge in [-0.25, -0.2) is 9.97 Å². The van der Waals surface area contributed by atoms with E-state index in [1.165, 1.54) is 0 Å². The standard InChI is InChI=1S/C15H18ClN3O2/c1-4-21-9-15-18-12(8-14(17-2)19-15)10-5-6-11(16)13(7-10)20-3/h5-8H,4,9H2,1-3H3,(H,17,18,19). The first kappa shape index (κ1) is 15.5. The van der Waals surface area contributed by atoms with Gasteiger partial charge in [-0.2, -0.15) is 0 Å². The minimum atomic E-state index is 0.379. The van der Waals surface area contributed by atoms with Gasteiger partial charge in [0.2, 0.25) is 0 Å². The Morgan fingerprint density at radius 3 is 2.71 bits per heavy atom. The molecule has 2 rings (SSSR count). The van der Waals surface area contributed by atoms with Crippen LogP contribution in [0.5, 0.6) is 5.75 Å². The van der Waals surface area contributed by atoms with Crippen molar-refractivity contribution in [2.24, 2.45) is 0 Å². The Labute approximate surface area is 129 Å². The third kappa shape index (κ3) is 3.83. The lowest BCUT2D eigenvalue weighted by molar-refractivity contribution is 0.128. The average molecular weight is 308 g/mol. The second kappa shape index (κ2) is 7.24. The van der Waals surface area contributed by atoms with Gasteiger partial charge in [-0.3, -0.25) is 0 Å². The number of hydrogen-bond donors (Lipinski definition) is 1. The third-order valence-corrected chi connectivity index (χ3v) is 3.22. The zero-order valence-electron chi connectivity index (χ0n) is 12.3. The first-order valence-electron chi connectivity index (χ1n) is 6.65. The van der Waals surface area contributed by atoms with E-state index in [4.69, 9.17) is 21.1 Å². The van der Waals surface area contributed by atoms with Gasteiger partial charge in [0.15, 0.2) is 5.82 Å². The lowest BCUT2D eigenvalue weighted by atomic mass is 10.1. The van der Waals surface area contributed by atoms with Gasteiger partial charge in [0.1, 0.15) is 18.2 Å². The zero-order valence-corrected chi connectivity index (χ0v) is 13.1. The second-order valence-corrected chi connectivity index (χ2v) is 4.70. The lowest BCUT2D eigenvalue weighted by Crippen LogP contribution is -2.04. The summed E-state index contributed by atoms with van der Waals surface area (Å²) < 4.78 is 10.6. The number of methoxy groups -OCH3 is 1. The quantitative estimate of drug-likeness (QED) is 0.886. The number of nitrogens with one attached hydrogen (secondary N) is 1. The summed E-state index contributed by atoms with van der Waals surface area (Å²) in [6, 6.07) is 7.42. The summed E-state index contributed by atoms with van der Waals surface area (Å²) in [4.78, 5) is 8.89. The summed E-state index contributed by atoms with van der Waals surface area (Å²) >= 11 is 6.05. The van der Waals surface area contributed by atoms with E-state index < -0.39 is 0 Å². The Hall–Kier alpha value is -1.85. The molecule has 21 heavy (non-hydrogen) atoms. The minimum Gasteiger partial charge on any atom is -0.495 e. The van der Waals surface area contributed by atoms with Crippen molar-refractivity contribution in [1.82, 2.24) is 9.97 Å². The average Bonchev–Trinajstić information content (AvgIpc) is 2.53. The molecule has 1 heterocycles. The second-order valence-electron chi connectivity index (χ2n) is 4.29. The molecule has 0 aliphatic heterocycles. The number of rotatable bonds is 6. The topological polar surface area (TPSA) is 56.3 Å². The molecule has 0 unspecified atom stereocenters. The normalized spacial score (nSPS) is 10.5. The van der Waals surface area contributed by atoms with Crippen molar-refractivity contribution >= 4 is 17.4 Å². The predicted octanol–water partition coefficient (Wildman–Crippen LogP) is 3.38. The fraction of sp³-hybridized carbons (Fsp3) is 0.333. The molecule has 0 saturated carbocycles. The molecular formula is C15H18ClN3O2. The maximum Gasteiger partial charge on any atom is 0.157 e. The molecule has 0 radical (unpaired) electrons. The molecule has 1 aromatic carbocycles. The molecule has 0 bridgehead atoms. The van der Waals surface area contributed by atoms with Crippen LogP contribution >= 0.6 is 11.6 Å². The van der Waals surface area contributed by atoms with Gasteiger partial charge in [0.25, 0.3) is 0 Å². The fourth-order valence-corrected chi connectivity index (χ4v) is 2.04. The monoisotopic (exact) mass is 307 g/mol. The van der Waals surface area contributed by atoms with Crippen LogP contribution in [0.15, 0.2) is 24.3 Å². The van der Waals surface area contributed by atoms with Crippen LogP contribution < -0.4 is 10.1 Å². The van der Waals surface area contributed by atoms with Crippen molar-refractivity contribution in [2.75, 3.05) is 26.1 Å². The Morgan fingerprint density at radius 1 is 1.24 bits per heavy atom. The summed E-state index contributed by atoms with van der Waals surface area (Å²) in [7, 11) is 3.41. The molecule has 0 atom stereocenters. The number of hydrogen-bond acceptors (Lipinski definition) is 5. The van der Waals surface area contributed by atoms with Crippen molar-refractivity contribution in [3.05, 3.63) is 35.1 Å². The van der Waals surface area contributed by atoms with Gasteiger partial charge in [-0.05, 0) is 19.1 Å². The van der Waals surface area contributed by atoms with E-state index in [-0.39, 0.29) is 0 Å². The summed E-state index contributed by atoms with van der Waals surface area (Å²) in [5.74, 6) is 1.99. The van der Waals surface area contributed by atoms with Gasteiger partial charge in [-0.1, -0.05) is 17.7 Å². The molecule has 0 fully saturated rings. The van der Waals surface area contributed by atoms with Gasteiger partial charge < -0.3 is 14.8 Å². The van der Waals surface area contributed by atoms with Crippen molar-refractivity contribution in [2.45, 2.75) is 13.5 Å². The van der Waals surface area contributed by atoms with Crippen molar-refractivity contribution in [1.29, 1.82) is 0 Å². The smallest absolute Gasteiger partial charge is 0.157 e. The van der Waals surface area contributed by atoms with Gasteiger partial charge in [0, 0.05) is 25.3 Å². The summed E-state index contributed by atoms with van der Waals surface area (Å²) in [6.45, 7) is 2.94. The van der Waals surface area contributed by atoms with Crippen LogP contribution in [0.1, 0.15) is 12.7 Å². The van der Waals surface area contributed by atoms with Crippen LogP contribution in [0.4, 0.5) is 5.82 Å². The highest BCUT2D eigenvalue weighted by Crippen LogP contribution is 2.30. The first-order chi connectivity index (χ1) is 10.2. The maximum absolute atomic E-state index is 6.05. The van der Waals surface area contributed by atoms with E-state index in [1.807, 2.05) is 32.2 Å². The number of halogens is 1. The first-order valence-corrected chi connectivity index (χ1v) is 7.03. The van der Waals surface area contributed by atoms with Crippen LogP contribution in [-0.2, 0) is 11.3 Å². The maximum atomic E-state index is 6.05. The molecule has 1 N–H and O–H groups in total. The van der Waals surface area contributed by atoms with E-state index in [9.17, 15) is 0 Å². The summed E-state index contributed by atoms with van der Waals surface area (Å²) in [5, 5.41) is 3.60. The molecule has 6 heteroatoms. The van der Waals surface area contributed by atoms with Crippen LogP contribution in [0.3, 0.4) is 0 Å². The van der Waals surface area contributed by atoms with E-state index in [2.05, 4.69) is 15.3 Å². The number of nitrogens with zero attached hydrogens (tertiary/aromatic N) is 2. The van der Waals surface area contributed by atoms with Crippen LogP contribution in [0.2, 0.25) is 5.02 Å². The minimum absolute atomic E-state index is 0.379. The third-order valence-electron chi connectivity index (χ3n) is 2.91. The SMILES string of the molecule is CCOCc1nc(NC)cc(-c2ccc(Cl)c(OC)c2)n1. The molecule has 0 aliphatic rings. The summed E-state index contributed by atoms with van der Waals surface area (Å²) in [5.41, 5.74) is 1.70. The van der Waals surface area contributed by atoms with Gasteiger partial charge in [0.05, 0.1) is 17.8 Å². The summed E-state index contributed by atoms with van der Waals surface area (Å²) in [6.07, 6.45) is 0. The van der Waals surface area contributed by atoms with E-state index in [0.29, 0.717) is 29.8 Å². The molecule has 5 nitrogen and oxygen atoms in total. The Bertz CT molecular complexity index is 620. The Balaban J connectivity index is 2.42. The number of ether oxygens (including phenoxy) is 2. The molecule has 0 amide bonds. The molecule has 1 aromatic heterocycles. The Kier molecular flexibility index (Phi) is 5.36. The van der Waals surface area contributed by atoms with E-state index >= 15 is 0 Å². The number of aromatic nitrogens is 2. The lowest BCUT2D eigenvalue weighted by Gasteiger charge is -2.10. The number of benzene rings is 1. The van der Waals surface area contributed by atoms with Crippen LogP contribution in [-0.4, -0.2) is 30.7 Å². The van der Waals surface area contributed by atoms with E-state index in [0.717, 1.165) is 17.1 Å². The molecule has 112 valence electrons. The van der Waals surface area contributed by atoms with E-state index in [1.54, 1.807) is 13.2 Å². The van der Waals surface area contributed by atoms with Gasteiger partial charge in [-0.15, -0.1) is 0 Å². The molecule has 0 spiro atoms. The zero-order chi connectivity index (χ0) is 15.2. The molecule has 0 aliphatic carbocycles. The largest absolute Gasteiger partial charge is 0.495 e. The number of anilines is 1. The molecule has 2 aromatic rings. The van der Waals surface area contributed by atoms with Crippen LogP contribution in [0, 0.1) is 0 Å². The highest BCUT2D eigenvalue weighted by Gasteiger charge is 2.09. The highest BCUT2D eigenvalue weighted by molar-refractivity contribution is 6.32. The van der Waals surface area contributed by atoms with Crippen molar-refractivity contribution in [3.8, 4) is 17.0 Å². The Morgan fingerprint density at radius 2 is 2.05 bits per heavy atom. The van der Waals surface area contributed by atoms with Crippen LogP contribution in [0.25, 0.3) is 11.3 Å². The molecular weight excluding hydrogens is 290 g/mol.